The van der Waals surface area contributed by atoms with Gasteiger partial charge in [0.25, 0.3) is 0 Å². The molecule has 156 valence electrons. The Morgan fingerprint density at radius 3 is 1.21 bits per heavy atom. The minimum absolute atomic E-state index is 0.425. The first-order valence-corrected chi connectivity index (χ1v) is 9.74. The maximum absolute atomic E-state index is 13.2. The fraction of sp³-hybridized carbons (Fsp3) is 0.636. The van der Waals surface area contributed by atoms with E-state index in [1.54, 1.807) is 13.8 Å². The molecule has 0 aromatic carbocycles. The number of carboxylic acids is 2. The first-order chi connectivity index (χ1) is 13.1. The second-order valence-corrected chi connectivity index (χ2v) is 10.5. The van der Waals surface area contributed by atoms with Crippen molar-refractivity contribution >= 4 is 23.9 Å². The predicted molar refractivity (Wildman–Crippen MR) is 100 cm³/mol. The Morgan fingerprint density at radius 2 is 1.03 bits per heavy atom. The van der Waals surface area contributed by atoms with Crippen LogP contribution < -0.4 is 0 Å². The van der Waals surface area contributed by atoms with Crippen LogP contribution >= 0.6 is 0 Å². The van der Waals surface area contributed by atoms with Gasteiger partial charge in [-0.25, -0.2) is 9.59 Å². The van der Waals surface area contributed by atoms with Crippen LogP contribution in [-0.4, -0.2) is 34.1 Å². The SMILES string of the molecule is CC1(C)C2=CC(C(=O)O)(C(=O)OC(=O)C3(C(=O)O)C=C4CC3(C)C4(C)C)C1(C)C2. The van der Waals surface area contributed by atoms with E-state index >= 15 is 0 Å². The highest BCUT2D eigenvalue weighted by molar-refractivity contribution is 6.12. The maximum Gasteiger partial charge on any atom is 0.335 e. The van der Waals surface area contributed by atoms with E-state index in [1.165, 1.54) is 12.2 Å². The zero-order valence-electron chi connectivity index (χ0n) is 17.5. The van der Waals surface area contributed by atoms with Gasteiger partial charge in [-0.15, -0.1) is 0 Å². The lowest BCUT2D eigenvalue weighted by molar-refractivity contribution is -0.193. The monoisotopic (exact) mass is 402 g/mol. The number of hydrogen-bond acceptors (Lipinski definition) is 5. The van der Waals surface area contributed by atoms with Gasteiger partial charge in [-0.2, -0.15) is 0 Å². The van der Waals surface area contributed by atoms with Gasteiger partial charge in [0.15, 0.2) is 10.8 Å². The topological polar surface area (TPSA) is 118 Å². The Labute approximate surface area is 168 Å². The summed E-state index contributed by atoms with van der Waals surface area (Å²) in [6, 6.07) is 0. The summed E-state index contributed by atoms with van der Waals surface area (Å²) in [4.78, 5) is 50.9. The Hall–Kier alpha value is -2.44. The third kappa shape index (κ3) is 1.62. The Bertz CT molecular complexity index is 905. The average Bonchev–Trinajstić information content (AvgIpc) is 3.22. The highest BCUT2D eigenvalue weighted by atomic mass is 16.6. The van der Waals surface area contributed by atoms with Gasteiger partial charge in [0.05, 0.1) is 0 Å². The van der Waals surface area contributed by atoms with Gasteiger partial charge in [0.1, 0.15) is 0 Å². The van der Waals surface area contributed by atoms with Crippen LogP contribution in [0.25, 0.3) is 0 Å². The third-order valence-corrected chi connectivity index (χ3v) is 9.48. The van der Waals surface area contributed by atoms with Crippen LogP contribution in [-0.2, 0) is 23.9 Å². The number of carboxylic acid groups (broad SMARTS) is 2. The molecule has 0 radical (unpaired) electrons. The number of fused-ring (bicyclic) bond motifs is 2. The van der Waals surface area contributed by atoms with E-state index in [4.69, 9.17) is 4.74 Å². The number of allylic oxidation sites excluding steroid dienone is 2. The van der Waals surface area contributed by atoms with E-state index in [0.717, 1.165) is 11.1 Å². The molecule has 0 saturated heterocycles. The van der Waals surface area contributed by atoms with Gasteiger partial charge >= 0.3 is 23.9 Å². The van der Waals surface area contributed by atoms with Crippen LogP contribution in [0.1, 0.15) is 54.4 Å². The maximum atomic E-state index is 13.2. The Morgan fingerprint density at radius 1 is 0.724 bits per heavy atom. The number of rotatable bonds is 4. The number of aliphatic carboxylic acids is 2. The third-order valence-electron chi connectivity index (χ3n) is 9.48. The highest BCUT2D eigenvalue weighted by Crippen LogP contribution is 2.76. The van der Waals surface area contributed by atoms with Crippen molar-refractivity contribution in [3.05, 3.63) is 23.3 Å². The number of esters is 2. The van der Waals surface area contributed by atoms with E-state index in [1.807, 2.05) is 27.7 Å². The minimum Gasteiger partial charge on any atom is -0.480 e. The largest absolute Gasteiger partial charge is 0.480 e. The summed E-state index contributed by atoms with van der Waals surface area (Å²) in [5.41, 5.74) is -5.30. The molecule has 4 bridgehead atoms. The van der Waals surface area contributed by atoms with Crippen molar-refractivity contribution in [2.45, 2.75) is 54.4 Å². The molecule has 7 nitrogen and oxygen atoms in total. The summed E-state index contributed by atoms with van der Waals surface area (Å²) in [6.45, 7) is 10.8. The molecule has 29 heavy (non-hydrogen) atoms. The Balaban J connectivity index is 1.72. The van der Waals surface area contributed by atoms with Gasteiger partial charge in [-0.3, -0.25) is 9.59 Å². The molecule has 7 heteroatoms. The van der Waals surface area contributed by atoms with E-state index in [2.05, 4.69) is 0 Å². The van der Waals surface area contributed by atoms with Crippen molar-refractivity contribution in [3.8, 4) is 0 Å². The highest BCUT2D eigenvalue weighted by Gasteiger charge is 2.79. The molecule has 0 aromatic heterocycles. The van der Waals surface area contributed by atoms with Crippen LogP contribution in [0.4, 0.5) is 0 Å². The molecule has 4 unspecified atom stereocenters. The standard InChI is InChI=1S/C22H26O7/c1-17(2)11-7-19(17,5)21(9-11,13(23)24)15(27)29-16(28)22(14(25)26)10-12-8-20(22,6)18(12,3)4/h9-10H,7-8H2,1-6H3,(H,23,24)(H,25,26). The van der Waals surface area contributed by atoms with E-state index in [0.29, 0.717) is 12.8 Å². The molecule has 0 aliphatic heterocycles. The summed E-state index contributed by atoms with van der Waals surface area (Å²) in [6.07, 6.45) is 3.65. The molecule has 0 heterocycles. The van der Waals surface area contributed by atoms with Crippen molar-refractivity contribution in [1.82, 2.24) is 0 Å². The number of ether oxygens (including phenoxy) is 1. The molecule has 2 saturated carbocycles. The fourth-order valence-electron chi connectivity index (χ4n) is 6.29. The molecule has 0 aromatic rings. The van der Waals surface area contributed by atoms with E-state index < -0.39 is 56.4 Å². The first kappa shape index (κ1) is 19.9. The van der Waals surface area contributed by atoms with E-state index in [9.17, 15) is 29.4 Å². The molecule has 2 fully saturated rings. The minimum atomic E-state index is -2.01. The Kier molecular flexibility index (Phi) is 3.30. The second-order valence-electron chi connectivity index (χ2n) is 10.5. The molecule has 4 atom stereocenters. The molecule has 2 N–H and O–H groups in total. The molecule has 0 spiro atoms. The fourth-order valence-corrected chi connectivity index (χ4v) is 6.29. The van der Waals surface area contributed by atoms with Crippen molar-refractivity contribution in [3.63, 3.8) is 0 Å². The lowest BCUT2D eigenvalue weighted by Gasteiger charge is -2.56. The zero-order valence-corrected chi connectivity index (χ0v) is 17.5. The van der Waals surface area contributed by atoms with E-state index in [-0.39, 0.29) is 0 Å². The molecule has 6 aliphatic rings. The van der Waals surface area contributed by atoms with Gasteiger partial charge < -0.3 is 14.9 Å². The van der Waals surface area contributed by atoms with Crippen LogP contribution in [0, 0.1) is 32.5 Å². The summed E-state index contributed by atoms with van der Waals surface area (Å²) >= 11 is 0. The van der Waals surface area contributed by atoms with Crippen LogP contribution in [0.15, 0.2) is 23.3 Å². The zero-order chi connectivity index (χ0) is 22.0. The lowest BCUT2D eigenvalue weighted by Crippen LogP contribution is -2.60. The first-order valence-electron chi connectivity index (χ1n) is 9.74. The number of carbonyl (C=O) groups is 4. The molecular formula is C22H26O7. The average molecular weight is 402 g/mol. The van der Waals surface area contributed by atoms with Gasteiger partial charge in [-0.05, 0) is 23.7 Å². The van der Waals surface area contributed by atoms with Crippen molar-refractivity contribution in [1.29, 1.82) is 0 Å². The quantitative estimate of drug-likeness (QED) is 0.422. The van der Waals surface area contributed by atoms with Crippen molar-refractivity contribution < 1.29 is 34.1 Å². The van der Waals surface area contributed by atoms with Crippen LogP contribution in [0.2, 0.25) is 0 Å². The summed E-state index contributed by atoms with van der Waals surface area (Å²) < 4.78 is 5.13. The van der Waals surface area contributed by atoms with Crippen LogP contribution in [0.5, 0.6) is 0 Å². The van der Waals surface area contributed by atoms with Crippen molar-refractivity contribution in [2.75, 3.05) is 0 Å². The van der Waals surface area contributed by atoms with Gasteiger partial charge in [-0.1, -0.05) is 64.8 Å². The second kappa shape index (κ2) is 4.82. The molecule has 6 aliphatic carbocycles. The lowest BCUT2D eigenvalue weighted by atomic mass is 9.46. The van der Waals surface area contributed by atoms with Crippen LogP contribution in [0.3, 0.4) is 0 Å². The van der Waals surface area contributed by atoms with Gasteiger partial charge in [0, 0.05) is 10.8 Å². The molecule has 6 rings (SSSR count). The molecular weight excluding hydrogens is 376 g/mol. The number of carbonyl (C=O) groups excluding carboxylic acids is 2. The smallest absolute Gasteiger partial charge is 0.335 e. The predicted octanol–water partition coefficient (Wildman–Crippen LogP) is 2.95. The number of hydrogen-bond donors (Lipinski definition) is 2. The molecule has 0 amide bonds. The summed E-state index contributed by atoms with van der Waals surface area (Å²) in [5, 5.41) is 20.0. The normalized spacial score (nSPS) is 42.1. The summed E-state index contributed by atoms with van der Waals surface area (Å²) in [5.74, 6) is -5.18. The summed E-state index contributed by atoms with van der Waals surface area (Å²) in [7, 11) is 0. The van der Waals surface area contributed by atoms with Crippen molar-refractivity contribution in [2.24, 2.45) is 32.5 Å². The van der Waals surface area contributed by atoms with Gasteiger partial charge in [0.2, 0.25) is 0 Å².